The van der Waals surface area contributed by atoms with E-state index in [1.54, 1.807) is 6.92 Å². The molecule has 0 radical (unpaired) electrons. The minimum atomic E-state index is -1.14. The molecular formula is C22H23FO7. The van der Waals surface area contributed by atoms with E-state index in [4.69, 9.17) is 14.2 Å². The van der Waals surface area contributed by atoms with Crippen LogP contribution in [0.15, 0.2) is 36.6 Å². The first kappa shape index (κ1) is 21.7. The number of fused-ring (bicyclic) bond motifs is 1. The van der Waals surface area contributed by atoms with E-state index in [1.807, 2.05) is 0 Å². The van der Waals surface area contributed by atoms with Crippen LogP contribution in [-0.4, -0.2) is 41.8 Å². The normalized spacial score (nSPS) is 23.8. The molecule has 160 valence electrons. The number of halogens is 1. The predicted molar refractivity (Wildman–Crippen MR) is 103 cm³/mol. The molecule has 1 fully saturated rings. The van der Waals surface area contributed by atoms with Gasteiger partial charge in [-0.25, -0.2) is 9.18 Å². The molecule has 0 saturated carbocycles. The van der Waals surface area contributed by atoms with Gasteiger partial charge >= 0.3 is 11.9 Å². The number of esters is 1. The third-order valence-corrected chi connectivity index (χ3v) is 5.65. The summed E-state index contributed by atoms with van der Waals surface area (Å²) in [4.78, 5) is 36.2. The molecule has 30 heavy (non-hydrogen) atoms. The Balaban J connectivity index is 1.91. The van der Waals surface area contributed by atoms with Crippen molar-refractivity contribution in [3.05, 3.63) is 59.1 Å². The van der Waals surface area contributed by atoms with Crippen LogP contribution in [0.4, 0.5) is 4.39 Å². The second kappa shape index (κ2) is 8.39. The molecular weight excluding hydrogens is 395 g/mol. The lowest BCUT2D eigenvalue weighted by atomic mass is 9.72. The number of allylic oxidation sites excluding steroid dienone is 1. The van der Waals surface area contributed by atoms with E-state index in [9.17, 15) is 23.9 Å². The summed E-state index contributed by atoms with van der Waals surface area (Å²) in [6.45, 7) is 6.66. The molecule has 0 aromatic heterocycles. The van der Waals surface area contributed by atoms with E-state index in [0.29, 0.717) is 11.3 Å². The van der Waals surface area contributed by atoms with Crippen LogP contribution in [0.25, 0.3) is 0 Å². The number of aryl methyl sites for hydroxylation is 1. The lowest BCUT2D eigenvalue weighted by Gasteiger charge is -2.37. The highest BCUT2D eigenvalue weighted by Gasteiger charge is 2.54. The number of rotatable bonds is 7. The summed E-state index contributed by atoms with van der Waals surface area (Å²) >= 11 is 0. The molecule has 1 heterocycles. The van der Waals surface area contributed by atoms with Crippen LogP contribution >= 0.6 is 0 Å². The van der Waals surface area contributed by atoms with Crippen molar-refractivity contribution in [1.82, 2.24) is 0 Å². The van der Waals surface area contributed by atoms with Crippen LogP contribution in [0.2, 0.25) is 0 Å². The zero-order chi connectivity index (χ0) is 22.1. The highest BCUT2D eigenvalue weighted by Crippen LogP contribution is 2.46. The van der Waals surface area contributed by atoms with E-state index in [-0.39, 0.29) is 37.4 Å². The van der Waals surface area contributed by atoms with Crippen molar-refractivity contribution in [3.63, 3.8) is 0 Å². The van der Waals surface area contributed by atoms with Crippen molar-refractivity contribution < 1.29 is 38.1 Å². The summed E-state index contributed by atoms with van der Waals surface area (Å²) in [6, 6.07) is 2.49. The van der Waals surface area contributed by atoms with Gasteiger partial charge in [0.15, 0.2) is 12.6 Å². The molecule has 1 aromatic rings. The van der Waals surface area contributed by atoms with E-state index < -0.39 is 41.0 Å². The van der Waals surface area contributed by atoms with Crippen LogP contribution in [0.3, 0.4) is 0 Å². The van der Waals surface area contributed by atoms with E-state index in [1.165, 1.54) is 31.2 Å². The summed E-state index contributed by atoms with van der Waals surface area (Å²) in [5.41, 5.74) is -0.576. The Hall–Kier alpha value is -3.00. The van der Waals surface area contributed by atoms with Gasteiger partial charge in [-0.1, -0.05) is 19.6 Å². The number of carboxylic acids is 1. The smallest absolute Gasteiger partial charge is 0.335 e. The maximum absolute atomic E-state index is 14.6. The minimum absolute atomic E-state index is 0.00588. The van der Waals surface area contributed by atoms with Crippen molar-refractivity contribution in [2.24, 2.45) is 11.8 Å². The summed E-state index contributed by atoms with van der Waals surface area (Å²) in [6.07, 6.45) is 2.76. The molecule has 0 spiro atoms. The number of benzene rings is 1. The number of carbonyl (C=O) groups is 3. The zero-order valence-corrected chi connectivity index (χ0v) is 16.8. The molecule has 1 saturated heterocycles. The van der Waals surface area contributed by atoms with E-state index >= 15 is 0 Å². The van der Waals surface area contributed by atoms with Gasteiger partial charge in [0.2, 0.25) is 0 Å². The second-order valence-corrected chi connectivity index (χ2v) is 7.55. The molecule has 1 aliphatic carbocycles. The maximum Gasteiger partial charge on any atom is 0.335 e. The highest BCUT2D eigenvalue weighted by atomic mass is 19.1. The number of ether oxygens (including phenoxy) is 3. The largest absolute Gasteiger partial charge is 0.478 e. The standard InChI is InChI=1S/C22H23FO7/c1-4-5-28-21(27)16-10-22(19(9-18(16)24)29-11-30-22)13(3)7-14-8-15(20(25)26)12(2)6-17(14)23/h4,6,8-9,13,16H,1,5,7,10-11H2,2-3H3,(H,25,26)/t13-,16+,22+/m0/s1. The molecule has 0 amide bonds. The number of carbonyl (C=O) groups excluding carboxylic acids is 2. The third kappa shape index (κ3) is 3.87. The van der Waals surface area contributed by atoms with Gasteiger partial charge in [-0.3, -0.25) is 9.59 Å². The number of hydrogen-bond acceptors (Lipinski definition) is 6. The van der Waals surface area contributed by atoms with Crippen molar-refractivity contribution in [1.29, 1.82) is 0 Å². The Kier molecular flexibility index (Phi) is 6.07. The van der Waals surface area contributed by atoms with E-state index in [2.05, 4.69) is 6.58 Å². The molecule has 0 unspecified atom stereocenters. The molecule has 8 heteroatoms. The summed E-state index contributed by atoms with van der Waals surface area (Å²) < 4.78 is 30.9. The number of carboxylic acid groups (broad SMARTS) is 1. The number of ketones is 1. The van der Waals surface area contributed by atoms with E-state index in [0.717, 1.165) is 0 Å². The molecule has 3 atom stereocenters. The molecule has 2 aliphatic rings. The SMILES string of the molecule is C=CCOC(=O)[C@@H]1C[C@]2([C@@H](C)Cc3cc(C(=O)O)c(C)cc3F)OCOC2=CC1=O. The number of aromatic carboxylic acids is 1. The van der Waals surface area contributed by atoms with Crippen molar-refractivity contribution >= 4 is 17.7 Å². The van der Waals surface area contributed by atoms with Gasteiger partial charge in [-0.15, -0.1) is 0 Å². The average molecular weight is 418 g/mol. The topological polar surface area (TPSA) is 99.1 Å². The molecule has 7 nitrogen and oxygen atoms in total. The van der Waals surface area contributed by atoms with Gasteiger partial charge in [0, 0.05) is 12.5 Å². The summed E-state index contributed by atoms with van der Waals surface area (Å²) in [5, 5.41) is 9.34. The predicted octanol–water partition coefficient (Wildman–Crippen LogP) is 2.96. The van der Waals surface area contributed by atoms with Gasteiger partial charge in [0.25, 0.3) is 0 Å². The van der Waals surface area contributed by atoms with Gasteiger partial charge in [0.1, 0.15) is 29.7 Å². The van der Waals surface area contributed by atoms with Crippen LogP contribution in [0.1, 0.15) is 34.8 Å². The molecule has 0 bridgehead atoms. The summed E-state index contributed by atoms with van der Waals surface area (Å²) in [5.74, 6) is -4.01. The summed E-state index contributed by atoms with van der Waals surface area (Å²) in [7, 11) is 0. The Labute approximate surface area is 173 Å². The number of hydrogen-bond donors (Lipinski definition) is 1. The molecule has 3 rings (SSSR count). The lowest BCUT2D eigenvalue weighted by Crippen LogP contribution is -2.47. The fourth-order valence-corrected chi connectivity index (χ4v) is 3.97. The quantitative estimate of drug-likeness (QED) is 0.413. The lowest BCUT2D eigenvalue weighted by molar-refractivity contribution is -0.154. The van der Waals surface area contributed by atoms with Crippen LogP contribution in [0, 0.1) is 24.6 Å². The fourth-order valence-electron chi connectivity index (χ4n) is 3.97. The maximum atomic E-state index is 14.6. The molecule has 1 aromatic carbocycles. The molecule has 1 aliphatic heterocycles. The second-order valence-electron chi connectivity index (χ2n) is 7.55. The fraction of sp³-hybridized carbons (Fsp3) is 0.409. The van der Waals surface area contributed by atoms with Crippen LogP contribution in [0.5, 0.6) is 0 Å². The first-order chi connectivity index (χ1) is 14.2. The third-order valence-electron chi connectivity index (χ3n) is 5.65. The van der Waals surface area contributed by atoms with Gasteiger partial charge < -0.3 is 19.3 Å². The first-order valence-electron chi connectivity index (χ1n) is 9.52. The minimum Gasteiger partial charge on any atom is -0.478 e. The Morgan fingerprint density at radius 2 is 2.20 bits per heavy atom. The van der Waals surface area contributed by atoms with Crippen LogP contribution < -0.4 is 0 Å². The Morgan fingerprint density at radius 3 is 2.87 bits per heavy atom. The Bertz CT molecular complexity index is 936. The monoisotopic (exact) mass is 418 g/mol. The van der Waals surface area contributed by atoms with Crippen molar-refractivity contribution in [3.8, 4) is 0 Å². The first-order valence-corrected chi connectivity index (χ1v) is 9.52. The molecule has 1 N–H and O–H groups in total. The van der Waals surface area contributed by atoms with Crippen LogP contribution in [-0.2, 0) is 30.2 Å². The van der Waals surface area contributed by atoms with Gasteiger partial charge in [0.05, 0.1) is 5.56 Å². The van der Waals surface area contributed by atoms with Crippen molar-refractivity contribution in [2.75, 3.05) is 13.4 Å². The Morgan fingerprint density at radius 1 is 1.47 bits per heavy atom. The van der Waals surface area contributed by atoms with Gasteiger partial charge in [-0.05, 0) is 42.5 Å². The van der Waals surface area contributed by atoms with Crippen molar-refractivity contribution in [2.45, 2.75) is 32.3 Å². The van der Waals surface area contributed by atoms with Gasteiger partial charge in [-0.2, -0.15) is 0 Å². The average Bonchev–Trinajstić information content (AvgIpc) is 3.11. The highest BCUT2D eigenvalue weighted by molar-refractivity contribution is 6.06. The zero-order valence-electron chi connectivity index (χ0n) is 16.8.